The van der Waals surface area contributed by atoms with Gasteiger partial charge in [-0.25, -0.2) is 4.79 Å². The van der Waals surface area contributed by atoms with Crippen LogP contribution < -0.4 is 26.6 Å². The van der Waals surface area contributed by atoms with E-state index in [4.69, 9.17) is 5.11 Å². The molecule has 20 heteroatoms. The van der Waals surface area contributed by atoms with Crippen molar-refractivity contribution in [3.8, 4) is 11.5 Å². The minimum atomic E-state index is -1.68. The quantitative estimate of drug-likeness (QED) is 0.0588. The summed E-state index contributed by atoms with van der Waals surface area (Å²) in [7, 11) is 0. The summed E-state index contributed by atoms with van der Waals surface area (Å²) < 4.78 is 0. The maximum absolute atomic E-state index is 13.5. The topological polar surface area (TPSA) is 335 Å². The zero-order chi connectivity index (χ0) is 39.7. The molecule has 52 heavy (non-hydrogen) atoms. The van der Waals surface area contributed by atoms with Gasteiger partial charge in [-0.1, -0.05) is 26.3 Å². The molecule has 0 unspecified atom stereocenters. The van der Waals surface area contributed by atoms with Gasteiger partial charge in [0.1, 0.15) is 30.2 Å². The molecule has 6 atom stereocenters. The average Bonchev–Trinajstić information content (AvgIpc) is 3.05. The number of hydrogen-bond donors (Lipinski definition) is 11. The maximum Gasteiger partial charge on any atom is 0.326 e. The van der Waals surface area contributed by atoms with E-state index in [1.807, 2.05) is 0 Å². The van der Waals surface area contributed by atoms with Crippen LogP contribution in [0.2, 0.25) is 0 Å². The molecule has 288 valence electrons. The van der Waals surface area contributed by atoms with Crippen LogP contribution in [0.15, 0.2) is 18.2 Å². The molecule has 1 aromatic rings. The Morgan fingerprint density at radius 2 is 1.04 bits per heavy atom. The normalized spacial score (nSPS) is 14.2. The van der Waals surface area contributed by atoms with Gasteiger partial charge in [0.15, 0.2) is 11.5 Å². The molecule has 0 bridgehead atoms. The lowest BCUT2D eigenvalue weighted by Gasteiger charge is -2.28. The fraction of sp³-hybridized carbons (Fsp3) is 0.531. The van der Waals surface area contributed by atoms with E-state index in [1.54, 1.807) is 6.92 Å². The fourth-order valence-electron chi connectivity index (χ4n) is 4.75. The van der Waals surface area contributed by atoms with Gasteiger partial charge >= 0.3 is 23.9 Å². The van der Waals surface area contributed by atoms with Crippen molar-refractivity contribution in [2.45, 2.75) is 102 Å². The Morgan fingerprint density at radius 3 is 1.46 bits per heavy atom. The molecule has 0 saturated carbocycles. The third kappa shape index (κ3) is 15.7. The van der Waals surface area contributed by atoms with Crippen LogP contribution in [-0.2, 0) is 49.6 Å². The SMILES string of the molecule is CC[C@H](C)[C@H](NC(=O)[C@H](CCC(=O)O)NC(=O)[C@H](CCC(=O)O)NC(=O)[C@H](Cc1ccc(O)c(O)c1)NC(C)=O)C(=O)N[C@@H](CCC(=O)O)C(=O)O. The number of carbonyl (C=O) groups is 9. The summed E-state index contributed by atoms with van der Waals surface area (Å²) >= 11 is 0. The number of rotatable bonds is 23. The van der Waals surface area contributed by atoms with E-state index in [2.05, 4.69) is 26.6 Å². The second kappa shape index (κ2) is 21.3. The second-order valence-corrected chi connectivity index (χ2v) is 12.0. The second-order valence-electron chi connectivity index (χ2n) is 12.0. The highest BCUT2D eigenvalue weighted by molar-refractivity contribution is 5.96. The van der Waals surface area contributed by atoms with Crippen molar-refractivity contribution in [3.05, 3.63) is 23.8 Å². The van der Waals surface area contributed by atoms with E-state index in [0.29, 0.717) is 0 Å². The molecule has 0 aromatic heterocycles. The van der Waals surface area contributed by atoms with E-state index in [1.165, 1.54) is 13.0 Å². The van der Waals surface area contributed by atoms with Gasteiger partial charge < -0.3 is 57.2 Å². The van der Waals surface area contributed by atoms with Crippen molar-refractivity contribution < 1.29 is 73.8 Å². The molecule has 0 heterocycles. The lowest BCUT2D eigenvalue weighted by molar-refractivity contribution is -0.144. The van der Waals surface area contributed by atoms with Gasteiger partial charge in [-0.2, -0.15) is 0 Å². The number of amides is 5. The van der Waals surface area contributed by atoms with Crippen molar-refractivity contribution >= 4 is 53.4 Å². The molecular weight excluding hydrogens is 694 g/mol. The molecule has 1 rings (SSSR count). The van der Waals surface area contributed by atoms with Crippen LogP contribution in [-0.4, -0.2) is 114 Å². The number of nitrogens with one attached hydrogen (secondary N) is 5. The van der Waals surface area contributed by atoms with Gasteiger partial charge in [-0.15, -0.1) is 0 Å². The molecule has 0 radical (unpaired) electrons. The number of aromatic hydroxyl groups is 2. The summed E-state index contributed by atoms with van der Waals surface area (Å²) in [6.45, 7) is 4.28. The van der Waals surface area contributed by atoms with E-state index >= 15 is 0 Å². The molecule has 5 amide bonds. The molecule has 11 N–H and O–H groups in total. The third-order valence-corrected chi connectivity index (χ3v) is 7.79. The lowest BCUT2D eigenvalue weighted by Crippen LogP contribution is -2.60. The zero-order valence-electron chi connectivity index (χ0n) is 28.7. The van der Waals surface area contributed by atoms with Crippen LogP contribution >= 0.6 is 0 Å². The van der Waals surface area contributed by atoms with Crippen LogP contribution in [0.3, 0.4) is 0 Å². The molecule has 1 aromatic carbocycles. The monoisotopic (exact) mass is 739 g/mol. The Labute approximate surface area is 297 Å². The highest BCUT2D eigenvalue weighted by Crippen LogP contribution is 2.25. The van der Waals surface area contributed by atoms with Crippen molar-refractivity contribution in [2.75, 3.05) is 0 Å². The standard InChI is InChI=1S/C32H45N5O15/c1-4-15(2)27(31(50)36-20(32(51)52)8-12-26(45)46)37-29(48)19(7-11-25(43)44)34-28(47)18(6-10-24(41)42)35-30(49)21(33-16(3)38)13-17-5-9-22(39)23(40)14-17/h5,9,14-15,18-21,27,39-40H,4,6-8,10-13H2,1-3H3,(H,33,38)(H,34,47)(H,35,49)(H,36,50)(H,37,48)(H,41,42)(H,43,44)(H,45,46)(H,51,52)/t15-,18-,19-,20-,21-,27-/m0/s1. The molecule has 0 aliphatic carbocycles. The summed E-state index contributed by atoms with van der Waals surface area (Å²) in [6, 6.07) is -4.17. The first-order chi connectivity index (χ1) is 24.2. The number of phenols is 2. The molecule has 0 saturated heterocycles. The Bertz CT molecular complexity index is 1500. The maximum atomic E-state index is 13.5. The third-order valence-electron chi connectivity index (χ3n) is 7.79. The summed E-state index contributed by atoms with van der Waals surface area (Å²) in [5.74, 6) is -12.1. The number of carbonyl (C=O) groups excluding carboxylic acids is 5. The van der Waals surface area contributed by atoms with Gasteiger partial charge in [-0.3, -0.25) is 38.4 Å². The minimum Gasteiger partial charge on any atom is -0.504 e. The first-order valence-electron chi connectivity index (χ1n) is 16.1. The molecule has 0 spiro atoms. The van der Waals surface area contributed by atoms with Crippen LogP contribution in [0.4, 0.5) is 0 Å². The van der Waals surface area contributed by atoms with Crippen LogP contribution in [0, 0.1) is 5.92 Å². The Morgan fingerprint density at radius 1 is 0.596 bits per heavy atom. The molecule has 0 aliphatic heterocycles. The smallest absolute Gasteiger partial charge is 0.326 e. The highest BCUT2D eigenvalue weighted by atomic mass is 16.4. The summed E-state index contributed by atoms with van der Waals surface area (Å²) in [5, 5.41) is 67.9. The van der Waals surface area contributed by atoms with Crippen molar-refractivity contribution in [1.29, 1.82) is 0 Å². The van der Waals surface area contributed by atoms with E-state index in [0.717, 1.165) is 19.1 Å². The van der Waals surface area contributed by atoms with Crippen molar-refractivity contribution in [2.24, 2.45) is 5.92 Å². The van der Waals surface area contributed by atoms with Gasteiger partial charge in [-0.05, 0) is 42.9 Å². The summed E-state index contributed by atoms with van der Waals surface area (Å²) in [4.78, 5) is 111. The number of carboxylic acid groups (broad SMARTS) is 4. The minimum absolute atomic E-state index is 0.256. The number of carboxylic acids is 4. The fourth-order valence-corrected chi connectivity index (χ4v) is 4.75. The van der Waals surface area contributed by atoms with Gasteiger partial charge in [0.25, 0.3) is 0 Å². The van der Waals surface area contributed by atoms with E-state index in [-0.39, 0.29) is 18.4 Å². The van der Waals surface area contributed by atoms with Gasteiger partial charge in [0, 0.05) is 32.6 Å². The highest BCUT2D eigenvalue weighted by Gasteiger charge is 2.34. The molecule has 0 aliphatic rings. The Hall–Kier alpha value is -5.95. The van der Waals surface area contributed by atoms with Crippen LogP contribution in [0.5, 0.6) is 11.5 Å². The first-order valence-corrected chi connectivity index (χ1v) is 16.1. The van der Waals surface area contributed by atoms with Crippen LogP contribution in [0.1, 0.15) is 71.3 Å². The Kier molecular flexibility index (Phi) is 18.1. The number of hydrogen-bond acceptors (Lipinski definition) is 11. The predicted molar refractivity (Wildman–Crippen MR) is 177 cm³/mol. The number of benzene rings is 1. The summed E-state index contributed by atoms with van der Waals surface area (Å²) in [6.07, 6.45) is -3.47. The first kappa shape index (κ1) is 44.1. The predicted octanol–water partition coefficient (Wildman–Crippen LogP) is -1.19. The lowest BCUT2D eigenvalue weighted by atomic mass is 9.96. The van der Waals surface area contributed by atoms with Crippen molar-refractivity contribution in [1.82, 2.24) is 26.6 Å². The van der Waals surface area contributed by atoms with Crippen LogP contribution in [0.25, 0.3) is 0 Å². The molecular formula is C32H45N5O15. The van der Waals surface area contributed by atoms with Crippen molar-refractivity contribution in [3.63, 3.8) is 0 Å². The number of aliphatic carboxylic acids is 4. The average molecular weight is 740 g/mol. The Balaban J connectivity index is 3.34. The van der Waals surface area contributed by atoms with Gasteiger partial charge in [0.05, 0.1) is 0 Å². The molecule has 0 fully saturated rings. The van der Waals surface area contributed by atoms with Gasteiger partial charge in [0.2, 0.25) is 29.5 Å². The van der Waals surface area contributed by atoms with E-state index in [9.17, 15) is 68.7 Å². The largest absolute Gasteiger partial charge is 0.504 e. The summed E-state index contributed by atoms with van der Waals surface area (Å²) in [5.41, 5.74) is 0.276. The molecule has 20 nitrogen and oxygen atoms in total. The number of phenolic OH excluding ortho intramolecular Hbond substituents is 2. The zero-order valence-corrected chi connectivity index (χ0v) is 28.7. The van der Waals surface area contributed by atoms with E-state index < -0.39 is 140 Å².